The molecule has 0 saturated carbocycles. The number of anilines is 2. The highest BCUT2D eigenvalue weighted by Gasteiger charge is 2.22. The molecule has 1 aromatic heterocycles. The van der Waals surface area contributed by atoms with Gasteiger partial charge in [0, 0.05) is 50.7 Å². The van der Waals surface area contributed by atoms with Crippen LogP contribution in [0, 0.1) is 12.7 Å². The third-order valence-electron chi connectivity index (χ3n) is 5.34. The summed E-state index contributed by atoms with van der Waals surface area (Å²) in [4.78, 5) is 25.9. The lowest BCUT2D eigenvalue weighted by molar-refractivity contribution is 0.0853. The van der Waals surface area contributed by atoms with E-state index in [1.807, 2.05) is 6.92 Å². The van der Waals surface area contributed by atoms with Crippen LogP contribution in [-0.2, 0) is 4.74 Å². The lowest BCUT2D eigenvalue weighted by atomic mass is 10.2. The standard InChI is InChI=1S/C21H26FN5O2/c1-15-13-19(20(28)23-14-18-3-2-12-29-18)25-21(24-15)27-10-8-26(9-11-27)17-6-4-16(22)5-7-17/h4-7,13,18H,2-3,8-12,14H2,1H3,(H,23,28). The number of benzene rings is 1. The van der Waals surface area contributed by atoms with Crippen LogP contribution >= 0.6 is 0 Å². The summed E-state index contributed by atoms with van der Waals surface area (Å²) in [6.45, 7) is 6.17. The van der Waals surface area contributed by atoms with Gasteiger partial charge in [0.15, 0.2) is 0 Å². The minimum absolute atomic E-state index is 0.0980. The third-order valence-corrected chi connectivity index (χ3v) is 5.34. The molecule has 29 heavy (non-hydrogen) atoms. The van der Waals surface area contributed by atoms with Gasteiger partial charge in [-0.2, -0.15) is 0 Å². The fourth-order valence-corrected chi connectivity index (χ4v) is 3.73. The van der Waals surface area contributed by atoms with Crippen molar-refractivity contribution < 1.29 is 13.9 Å². The first kappa shape index (κ1) is 19.6. The number of piperazine rings is 1. The van der Waals surface area contributed by atoms with Crippen molar-refractivity contribution in [3.63, 3.8) is 0 Å². The fraction of sp³-hybridized carbons (Fsp3) is 0.476. The van der Waals surface area contributed by atoms with E-state index in [9.17, 15) is 9.18 Å². The largest absolute Gasteiger partial charge is 0.376 e. The molecule has 154 valence electrons. The minimum atomic E-state index is -0.231. The van der Waals surface area contributed by atoms with Crippen molar-refractivity contribution in [2.75, 3.05) is 49.1 Å². The first-order valence-corrected chi connectivity index (χ1v) is 10.1. The molecule has 2 fully saturated rings. The summed E-state index contributed by atoms with van der Waals surface area (Å²) < 4.78 is 18.7. The second-order valence-corrected chi connectivity index (χ2v) is 7.49. The molecule has 3 heterocycles. The maximum absolute atomic E-state index is 13.1. The van der Waals surface area contributed by atoms with Crippen LogP contribution in [0.1, 0.15) is 29.0 Å². The molecule has 4 rings (SSSR count). The zero-order valence-corrected chi connectivity index (χ0v) is 16.6. The van der Waals surface area contributed by atoms with Crippen molar-refractivity contribution in [3.05, 3.63) is 47.5 Å². The number of aromatic nitrogens is 2. The molecule has 1 aromatic carbocycles. The highest BCUT2D eigenvalue weighted by atomic mass is 19.1. The molecule has 0 aliphatic carbocycles. The van der Waals surface area contributed by atoms with Crippen LogP contribution in [0.15, 0.2) is 30.3 Å². The number of hydrogen-bond acceptors (Lipinski definition) is 6. The number of aryl methyl sites for hydroxylation is 1. The Bertz CT molecular complexity index is 847. The Hall–Kier alpha value is -2.74. The molecule has 1 amide bonds. The highest BCUT2D eigenvalue weighted by molar-refractivity contribution is 5.92. The molecule has 1 atom stereocenters. The topological polar surface area (TPSA) is 70.6 Å². The average molecular weight is 399 g/mol. The Balaban J connectivity index is 1.38. The monoisotopic (exact) mass is 399 g/mol. The number of carbonyl (C=O) groups excluding carboxylic acids is 1. The fourth-order valence-electron chi connectivity index (χ4n) is 3.73. The number of nitrogens with zero attached hydrogens (tertiary/aromatic N) is 4. The maximum Gasteiger partial charge on any atom is 0.270 e. The quantitative estimate of drug-likeness (QED) is 0.831. The number of ether oxygens (including phenoxy) is 1. The molecule has 0 spiro atoms. The number of halogens is 1. The number of nitrogens with one attached hydrogen (secondary N) is 1. The van der Waals surface area contributed by atoms with Gasteiger partial charge in [0.05, 0.1) is 6.10 Å². The van der Waals surface area contributed by atoms with Gasteiger partial charge in [0.1, 0.15) is 11.5 Å². The number of hydrogen-bond donors (Lipinski definition) is 1. The molecule has 2 aromatic rings. The predicted octanol–water partition coefficient (Wildman–Crippen LogP) is 2.16. The van der Waals surface area contributed by atoms with Gasteiger partial charge in [-0.05, 0) is 50.1 Å². The Morgan fingerprint density at radius 3 is 2.59 bits per heavy atom. The Kier molecular flexibility index (Phi) is 5.89. The molecule has 1 N–H and O–H groups in total. The number of carbonyl (C=O) groups is 1. The van der Waals surface area contributed by atoms with E-state index in [2.05, 4.69) is 25.1 Å². The molecule has 8 heteroatoms. The van der Waals surface area contributed by atoms with Gasteiger partial charge in [-0.3, -0.25) is 4.79 Å². The van der Waals surface area contributed by atoms with Crippen molar-refractivity contribution in [2.45, 2.75) is 25.9 Å². The van der Waals surface area contributed by atoms with Gasteiger partial charge >= 0.3 is 0 Å². The summed E-state index contributed by atoms with van der Waals surface area (Å²) in [5, 5.41) is 2.92. The predicted molar refractivity (Wildman–Crippen MR) is 109 cm³/mol. The number of amides is 1. The molecule has 1 unspecified atom stereocenters. The van der Waals surface area contributed by atoms with Crippen molar-refractivity contribution >= 4 is 17.5 Å². The zero-order chi connectivity index (χ0) is 20.2. The second-order valence-electron chi connectivity index (χ2n) is 7.49. The molecule has 2 aliphatic rings. The summed E-state index contributed by atoms with van der Waals surface area (Å²) in [6, 6.07) is 8.26. The normalized spacial score (nSPS) is 19.4. The molecule has 2 saturated heterocycles. The van der Waals surface area contributed by atoms with Gasteiger partial charge in [-0.1, -0.05) is 0 Å². The van der Waals surface area contributed by atoms with Gasteiger partial charge in [0.25, 0.3) is 5.91 Å². The van der Waals surface area contributed by atoms with E-state index in [1.54, 1.807) is 18.2 Å². The lowest BCUT2D eigenvalue weighted by Crippen LogP contribution is -2.47. The van der Waals surface area contributed by atoms with Crippen molar-refractivity contribution in [1.29, 1.82) is 0 Å². The molecule has 2 aliphatic heterocycles. The zero-order valence-electron chi connectivity index (χ0n) is 16.6. The van der Waals surface area contributed by atoms with Crippen molar-refractivity contribution in [1.82, 2.24) is 15.3 Å². The summed E-state index contributed by atoms with van der Waals surface area (Å²) >= 11 is 0. The van der Waals surface area contributed by atoms with Crippen LogP contribution in [0.25, 0.3) is 0 Å². The van der Waals surface area contributed by atoms with E-state index in [0.29, 0.717) is 18.2 Å². The van der Waals surface area contributed by atoms with Gasteiger partial charge in [0.2, 0.25) is 5.95 Å². The second kappa shape index (κ2) is 8.73. The summed E-state index contributed by atoms with van der Waals surface area (Å²) in [5.74, 6) is 0.147. The first-order chi connectivity index (χ1) is 14.1. The van der Waals surface area contributed by atoms with E-state index in [-0.39, 0.29) is 17.8 Å². The first-order valence-electron chi connectivity index (χ1n) is 10.1. The Labute approximate surface area is 169 Å². The van der Waals surface area contributed by atoms with Crippen LogP contribution in [0.4, 0.5) is 16.0 Å². The van der Waals surface area contributed by atoms with Crippen LogP contribution in [0.5, 0.6) is 0 Å². The summed E-state index contributed by atoms with van der Waals surface area (Å²) in [7, 11) is 0. The average Bonchev–Trinajstić information content (AvgIpc) is 3.26. The van der Waals surface area contributed by atoms with E-state index in [0.717, 1.165) is 57.0 Å². The van der Waals surface area contributed by atoms with Gasteiger partial charge in [-0.15, -0.1) is 0 Å². The van der Waals surface area contributed by atoms with E-state index < -0.39 is 0 Å². The molecule has 0 radical (unpaired) electrons. The van der Waals surface area contributed by atoms with E-state index in [4.69, 9.17) is 4.74 Å². The molecule has 7 nitrogen and oxygen atoms in total. The van der Waals surface area contributed by atoms with Crippen molar-refractivity contribution in [3.8, 4) is 0 Å². The van der Waals surface area contributed by atoms with Crippen LogP contribution < -0.4 is 15.1 Å². The van der Waals surface area contributed by atoms with Gasteiger partial charge in [-0.25, -0.2) is 14.4 Å². The minimum Gasteiger partial charge on any atom is -0.376 e. The SMILES string of the molecule is Cc1cc(C(=O)NCC2CCCO2)nc(N2CCN(c3ccc(F)cc3)CC2)n1. The summed E-state index contributed by atoms with van der Waals surface area (Å²) in [5.41, 5.74) is 2.15. The molecule has 0 bridgehead atoms. The van der Waals surface area contributed by atoms with E-state index in [1.165, 1.54) is 12.1 Å². The van der Waals surface area contributed by atoms with Crippen LogP contribution in [-0.4, -0.2) is 61.3 Å². The Morgan fingerprint density at radius 1 is 1.17 bits per heavy atom. The highest BCUT2D eigenvalue weighted by Crippen LogP contribution is 2.19. The lowest BCUT2D eigenvalue weighted by Gasteiger charge is -2.36. The van der Waals surface area contributed by atoms with Crippen molar-refractivity contribution in [2.24, 2.45) is 0 Å². The van der Waals surface area contributed by atoms with E-state index >= 15 is 0 Å². The number of rotatable bonds is 5. The molecular formula is C21H26FN5O2. The maximum atomic E-state index is 13.1. The third kappa shape index (κ3) is 4.82. The van der Waals surface area contributed by atoms with Gasteiger partial charge < -0.3 is 19.9 Å². The Morgan fingerprint density at radius 2 is 1.90 bits per heavy atom. The smallest absolute Gasteiger partial charge is 0.270 e. The van der Waals surface area contributed by atoms with Crippen LogP contribution in [0.2, 0.25) is 0 Å². The molecular weight excluding hydrogens is 373 g/mol. The summed E-state index contributed by atoms with van der Waals surface area (Å²) in [6.07, 6.45) is 2.12. The van der Waals surface area contributed by atoms with Crippen LogP contribution in [0.3, 0.4) is 0 Å².